The van der Waals surface area contributed by atoms with Crippen LogP contribution >= 0.6 is 0 Å². The summed E-state index contributed by atoms with van der Waals surface area (Å²) < 4.78 is 0. The second kappa shape index (κ2) is 7.26. The van der Waals surface area contributed by atoms with Gasteiger partial charge < -0.3 is 5.32 Å². The van der Waals surface area contributed by atoms with Gasteiger partial charge in [-0.2, -0.15) is 0 Å². The van der Waals surface area contributed by atoms with Crippen LogP contribution in [0.5, 0.6) is 0 Å². The second-order valence-electron chi connectivity index (χ2n) is 8.32. The van der Waals surface area contributed by atoms with Crippen LogP contribution in [0.1, 0.15) is 66.2 Å². The van der Waals surface area contributed by atoms with Gasteiger partial charge in [0.2, 0.25) is 0 Å². The average molecular weight is 280 g/mol. The van der Waals surface area contributed by atoms with E-state index in [0.29, 0.717) is 5.41 Å². The summed E-state index contributed by atoms with van der Waals surface area (Å²) in [4.78, 5) is 2.78. The molecule has 0 aromatic carbocycles. The number of nitrogens with zero attached hydrogens (tertiary/aromatic N) is 1. The van der Waals surface area contributed by atoms with E-state index in [1.165, 1.54) is 64.7 Å². The molecule has 0 aromatic heterocycles. The summed E-state index contributed by atoms with van der Waals surface area (Å²) in [7, 11) is 0. The SMILES string of the molecule is CC(C)CC1CN(CC2(CC(C)C)CCCC2)CCN1. The van der Waals surface area contributed by atoms with E-state index in [1.54, 1.807) is 0 Å². The largest absolute Gasteiger partial charge is 0.311 e. The fourth-order valence-electron chi connectivity index (χ4n) is 4.66. The van der Waals surface area contributed by atoms with Crippen LogP contribution in [0.2, 0.25) is 0 Å². The zero-order valence-corrected chi connectivity index (χ0v) is 14.3. The molecule has 1 heterocycles. The minimum atomic E-state index is 0.647. The highest BCUT2D eigenvalue weighted by Gasteiger charge is 2.36. The summed E-state index contributed by atoms with van der Waals surface area (Å²) in [5.41, 5.74) is 0.647. The highest BCUT2D eigenvalue weighted by Crippen LogP contribution is 2.43. The molecule has 1 saturated heterocycles. The van der Waals surface area contributed by atoms with Crippen LogP contribution in [0.3, 0.4) is 0 Å². The molecule has 118 valence electrons. The molecule has 2 rings (SSSR count). The van der Waals surface area contributed by atoms with Crippen LogP contribution in [-0.2, 0) is 0 Å². The van der Waals surface area contributed by atoms with E-state index in [-0.39, 0.29) is 0 Å². The van der Waals surface area contributed by atoms with Gasteiger partial charge >= 0.3 is 0 Å². The predicted molar refractivity (Wildman–Crippen MR) is 88.0 cm³/mol. The third-order valence-corrected chi connectivity index (χ3v) is 5.16. The van der Waals surface area contributed by atoms with Gasteiger partial charge in [-0.05, 0) is 42.9 Å². The van der Waals surface area contributed by atoms with E-state index < -0.39 is 0 Å². The van der Waals surface area contributed by atoms with Crippen molar-refractivity contribution in [3.8, 4) is 0 Å². The molecule has 0 bridgehead atoms. The summed E-state index contributed by atoms with van der Waals surface area (Å²) in [5, 5.41) is 3.72. The molecule has 2 aliphatic rings. The van der Waals surface area contributed by atoms with E-state index in [4.69, 9.17) is 0 Å². The molecular weight excluding hydrogens is 244 g/mol. The van der Waals surface area contributed by atoms with Crippen molar-refractivity contribution in [2.24, 2.45) is 17.3 Å². The van der Waals surface area contributed by atoms with Crippen molar-refractivity contribution in [3.63, 3.8) is 0 Å². The zero-order valence-electron chi connectivity index (χ0n) is 14.3. The van der Waals surface area contributed by atoms with Gasteiger partial charge in [-0.3, -0.25) is 4.90 Å². The Bertz CT molecular complexity index is 279. The minimum Gasteiger partial charge on any atom is -0.311 e. The van der Waals surface area contributed by atoms with Gasteiger partial charge in [0.25, 0.3) is 0 Å². The van der Waals surface area contributed by atoms with E-state index in [2.05, 4.69) is 37.9 Å². The number of piperazine rings is 1. The Kier molecular flexibility index (Phi) is 5.92. The fraction of sp³-hybridized carbons (Fsp3) is 1.00. The molecule has 20 heavy (non-hydrogen) atoms. The van der Waals surface area contributed by atoms with E-state index >= 15 is 0 Å². The first-order valence-corrected chi connectivity index (χ1v) is 8.95. The Labute approximate surface area is 126 Å². The number of nitrogens with one attached hydrogen (secondary N) is 1. The topological polar surface area (TPSA) is 15.3 Å². The molecule has 0 spiro atoms. The standard InChI is InChI=1S/C18H36N2/c1-15(2)11-17-13-20(10-9-19-17)14-18(12-16(3)4)7-5-6-8-18/h15-17,19H,5-14H2,1-4H3. The van der Waals surface area contributed by atoms with Crippen LogP contribution in [0, 0.1) is 17.3 Å². The van der Waals surface area contributed by atoms with Crippen LogP contribution in [-0.4, -0.2) is 37.1 Å². The average Bonchev–Trinajstić information content (AvgIpc) is 2.75. The highest BCUT2D eigenvalue weighted by molar-refractivity contribution is 4.90. The number of hydrogen-bond donors (Lipinski definition) is 1. The first-order valence-electron chi connectivity index (χ1n) is 8.95. The predicted octanol–water partition coefficient (Wildman–Crippen LogP) is 3.91. The molecule has 1 aliphatic carbocycles. The third kappa shape index (κ3) is 4.73. The molecule has 1 saturated carbocycles. The van der Waals surface area contributed by atoms with Crippen molar-refractivity contribution < 1.29 is 0 Å². The van der Waals surface area contributed by atoms with Crippen molar-refractivity contribution in [1.82, 2.24) is 10.2 Å². The Morgan fingerprint density at radius 2 is 1.80 bits per heavy atom. The Balaban J connectivity index is 1.89. The van der Waals surface area contributed by atoms with Crippen molar-refractivity contribution in [2.45, 2.75) is 72.3 Å². The molecule has 1 unspecified atom stereocenters. The lowest BCUT2D eigenvalue weighted by Gasteiger charge is -2.41. The molecular formula is C18H36N2. The maximum absolute atomic E-state index is 3.72. The quantitative estimate of drug-likeness (QED) is 0.793. The molecule has 2 nitrogen and oxygen atoms in total. The van der Waals surface area contributed by atoms with Crippen molar-refractivity contribution in [1.29, 1.82) is 0 Å². The van der Waals surface area contributed by atoms with Gasteiger partial charge in [-0.1, -0.05) is 40.5 Å². The molecule has 1 atom stereocenters. The van der Waals surface area contributed by atoms with Crippen LogP contribution in [0.25, 0.3) is 0 Å². The first kappa shape index (κ1) is 16.3. The maximum atomic E-state index is 3.72. The van der Waals surface area contributed by atoms with Gasteiger partial charge in [0.05, 0.1) is 0 Å². The molecule has 0 radical (unpaired) electrons. The van der Waals surface area contributed by atoms with E-state index in [1.807, 2.05) is 0 Å². The molecule has 1 aliphatic heterocycles. The third-order valence-electron chi connectivity index (χ3n) is 5.16. The van der Waals surface area contributed by atoms with Crippen molar-refractivity contribution in [3.05, 3.63) is 0 Å². The van der Waals surface area contributed by atoms with Crippen LogP contribution < -0.4 is 5.32 Å². The lowest BCUT2D eigenvalue weighted by atomic mass is 9.78. The second-order valence-corrected chi connectivity index (χ2v) is 8.32. The Hall–Kier alpha value is -0.0800. The van der Waals surface area contributed by atoms with E-state index in [0.717, 1.165) is 17.9 Å². The summed E-state index contributed by atoms with van der Waals surface area (Å²) in [6, 6.07) is 0.723. The monoisotopic (exact) mass is 280 g/mol. The number of rotatable bonds is 6. The Morgan fingerprint density at radius 1 is 1.10 bits per heavy atom. The molecule has 0 aromatic rings. The smallest absolute Gasteiger partial charge is 0.0198 e. The summed E-state index contributed by atoms with van der Waals surface area (Å²) >= 11 is 0. The molecule has 1 N–H and O–H groups in total. The molecule has 0 amide bonds. The summed E-state index contributed by atoms with van der Waals surface area (Å²) in [5.74, 6) is 1.66. The number of hydrogen-bond acceptors (Lipinski definition) is 2. The van der Waals surface area contributed by atoms with Crippen LogP contribution in [0.4, 0.5) is 0 Å². The van der Waals surface area contributed by atoms with Gasteiger partial charge in [-0.15, -0.1) is 0 Å². The molecule has 2 fully saturated rings. The normalized spacial score (nSPS) is 27.6. The lowest BCUT2D eigenvalue weighted by molar-refractivity contribution is 0.0979. The van der Waals surface area contributed by atoms with Gasteiger partial charge in [0.15, 0.2) is 0 Å². The molecule has 2 heteroatoms. The Morgan fingerprint density at radius 3 is 2.40 bits per heavy atom. The zero-order chi connectivity index (χ0) is 14.6. The van der Waals surface area contributed by atoms with Gasteiger partial charge in [-0.25, -0.2) is 0 Å². The van der Waals surface area contributed by atoms with Crippen molar-refractivity contribution in [2.75, 3.05) is 26.2 Å². The van der Waals surface area contributed by atoms with Gasteiger partial charge in [0, 0.05) is 32.2 Å². The highest BCUT2D eigenvalue weighted by atomic mass is 15.2. The summed E-state index contributed by atoms with van der Waals surface area (Å²) in [6.07, 6.45) is 8.65. The minimum absolute atomic E-state index is 0.647. The van der Waals surface area contributed by atoms with Crippen molar-refractivity contribution >= 4 is 0 Å². The van der Waals surface area contributed by atoms with E-state index in [9.17, 15) is 0 Å². The lowest BCUT2D eigenvalue weighted by Crippen LogP contribution is -2.53. The fourth-order valence-corrected chi connectivity index (χ4v) is 4.66. The maximum Gasteiger partial charge on any atom is 0.0198 e. The van der Waals surface area contributed by atoms with Crippen LogP contribution in [0.15, 0.2) is 0 Å². The summed E-state index contributed by atoms with van der Waals surface area (Å²) in [6.45, 7) is 14.6. The van der Waals surface area contributed by atoms with Gasteiger partial charge in [0.1, 0.15) is 0 Å². The first-order chi connectivity index (χ1) is 9.49.